The van der Waals surface area contributed by atoms with Crippen LogP contribution in [0.4, 0.5) is 5.88 Å². The molecule has 1 aromatic heterocycles. The second kappa shape index (κ2) is 10.7. The molecule has 0 aliphatic carbocycles. The molecule has 0 radical (unpaired) electrons. The van der Waals surface area contributed by atoms with Crippen molar-refractivity contribution in [2.24, 2.45) is 5.92 Å². The molecule has 21 heavy (non-hydrogen) atoms. The molecule has 0 aromatic carbocycles. The van der Waals surface area contributed by atoms with Gasteiger partial charge in [0.2, 0.25) is 5.88 Å². The molecule has 1 heterocycles. The van der Waals surface area contributed by atoms with Crippen molar-refractivity contribution in [2.45, 2.75) is 91.4 Å². The highest BCUT2D eigenvalue weighted by Gasteiger charge is 2.14. The summed E-state index contributed by atoms with van der Waals surface area (Å²) in [6.07, 6.45) is 14.2. The maximum absolute atomic E-state index is 5.87. The summed E-state index contributed by atoms with van der Waals surface area (Å²) >= 11 is 0. The molecular weight excluding hydrogens is 260 g/mol. The molecule has 0 atom stereocenters. The Morgan fingerprint density at radius 3 is 2.10 bits per heavy atom. The number of hydrogen-bond donors (Lipinski definition) is 1. The fourth-order valence-corrected chi connectivity index (χ4v) is 2.78. The third-order valence-electron chi connectivity index (χ3n) is 4.03. The molecule has 0 amide bonds. The van der Waals surface area contributed by atoms with Crippen LogP contribution in [-0.2, 0) is 12.8 Å². The van der Waals surface area contributed by atoms with Crippen LogP contribution in [0.3, 0.4) is 0 Å². The van der Waals surface area contributed by atoms with Gasteiger partial charge >= 0.3 is 0 Å². The SMILES string of the molecule is CCCCCCCCCCCc1noc(N)c1CC(C)C. The van der Waals surface area contributed by atoms with Crippen molar-refractivity contribution >= 4 is 5.88 Å². The van der Waals surface area contributed by atoms with Gasteiger partial charge in [0, 0.05) is 5.56 Å². The third-order valence-corrected chi connectivity index (χ3v) is 4.03. The molecule has 0 spiro atoms. The van der Waals surface area contributed by atoms with Crippen molar-refractivity contribution in [2.75, 3.05) is 5.73 Å². The Morgan fingerprint density at radius 2 is 1.52 bits per heavy atom. The van der Waals surface area contributed by atoms with Crippen molar-refractivity contribution in [3.63, 3.8) is 0 Å². The van der Waals surface area contributed by atoms with Gasteiger partial charge in [0.1, 0.15) is 0 Å². The summed E-state index contributed by atoms with van der Waals surface area (Å²) in [5.41, 5.74) is 8.10. The van der Waals surface area contributed by atoms with Crippen molar-refractivity contribution in [3.8, 4) is 0 Å². The highest BCUT2D eigenvalue weighted by atomic mass is 16.5. The monoisotopic (exact) mass is 294 g/mol. The van der Waals surface area contributed by atoms with Gasteiger partial charge in [-0.05, 0) is 25.2 Å². The van der Waals surface area contributed by atoms with Gasteiger partial charge in [-0.3, -0.25) is 0 Å². The number of nitrogens with two attached hydrogens (primary N) is 1. The second-order valence-electron chi connectivity index (χ2n) is 6.65. The summed E-state index contributed by atoms with van der Waals surface area (Å²) in [6.45, 7) is 6.67. The normalized spacial score (nSPS) is 11.4. The number of aryl methyl sites for hydroxylation is 1. The van der Waals surface area contributed by atoms with E-state index in [4.69, 9.17) is 10.3 Å². The summed E-state index contributed by atoms with van der Waals surface area (Å²) in [6, 6.07) is 0. The zero-order valence-electron chi connectivity index (χ0n) is 14.3. The molecule has 1 aromatic rings. The molecule has 0 bridgehead atoms. The summed E-state index contributed by atoms with van der Waals surface area (Å²) in [4.78, 5) is 0. The third kappa shape index (κ3) is 7.54. The summed E-state index contributed by atoms with van der Waals surface area (Å²) in [5, 5.41) is 4.14. The van der Waals surface area contributed by atoms with Gasteiger partial charge in [-0.1, -0.05) is 77.3 Å². The van der Waals surface area contributed by atoms with E-state index in [9.17, 15) is 0 Å². The minimum atomic E-state index is 0.523. The van der Waals surface area contributed by atoms with Gasteiger partial charge in [0.15, 0.2) is 0 Å². The topological polar surface area (TPSA) is 52.0 Å². The van der Waals surface area contributed by atoms with Crippen molar-refractivity contribution in [1.29, 1.82) is 0 Å². The Kier molecular flexibility index (Phi) is 9.20. The van der Waals surface area contributed by atoms with E-state index in [2.05, 4.69) is 25.9 Å². The number of aromatic nitrogens is 1. The average Bonchev–Trinajstić information content (AvgIpc) is 2.78. The van der Waals surface area contributed by atoms with Gasteiger partial charge in [-0.15, -0.1) is 0 Å². The molecule has 2 N–H and O–H groups in total. The minimum Gasteiger partial charge on any atom is -0.367 e. The molecule has 0 saturated carbocycles. The van der Waals surface area contributed by atoms with E-state index in [-0.39, 0.29) is 0 Å². The van der Waals surface area contributed by atoms with Crippen molar-refractivity contribution in [3.05, 3.63) is 11.3 Å². The summed E-state index contributed by atoms with van der Waals surface area (Å²) in [5.74, 6) is 1.11. The fourth-order valence-electron chi connectivity index (χ4n) is 2.78. The number of nitrogens with zero attached hydrogens (tertiary/aromatic N) is 1. The number of hydrogen-bond acceptors (Lipinski definition) is 3. The van der Waals surface area contributed by atoms with E-state index in [1.165, 1.54) is 57.8 Å². The van der Waals surface area contributed by atoms with Gasteiger partial charge in [0.05, 0.1) is 5.69 Å². The van der Waals surface area contributed by atoms with Crippen LogP contribution in [0.2, 0.25) is 0 Å². The molecule has 0 unspecified atom stereocenters. The van der Waals surface area contributed by atoms with Crippen molar-refractivity contribution in [1.82, 2.24) is 5.16 Å². The van der Waals surface area contributed by atoms with E-state index in [1.807, 2.05) is 0 Å². The molecule has 122 valence electrons. The lowest BCUT2D eigenvalue weighted by Crippen LogP contribution is -2.01. The predicted molar refractivity (Wildman–Crippen MR) is 90.4 cm³/mol. The molecule has 3 heteroatoms. The van der Waals surface area contributed by atoms with E-state index >= 15 is 0 Å². The number of anilines is 1. The van der Waals surface area contributed by atoms with Gasteiger partial charge in [-0.25, -0.2) is 0 Å². The molecule has 3 nitrogen and oxygen atoms in total. The van der Waals surface area contributed by atoms with E-state index < -0.39 is 0 Å². The van der Waals surface area contributed by atoms with Crippen molar-refractivity contribution < 1.29 is 4.52 Å². The number of rotatable bonds is 12. The number of nitrogen functional groups attached to an aromatic ring is 1. The smallest absolute Gasteiger partial charge is 0.225 e. The van der Waals surface area contributed by atoms with E-state index in [0.717, 1.165) is 24.1 Å². The first-order chi connectivity index (χ1) is 10.1. The lowest BCUT2D eigenvalue weighted by Gasteiger charge is -2.05. The maximum Gasteiger partial charge on any atom is 0.225 e. The van der Waals surface area contributed by atoms with Crippen LogP contribution in [0.5, 0.6) is 0 Å². The molecule has 1 rings (SSSR count). The highest BCUT2D eigenvalue weighted by Crippen LogP contribution is 2.22. The maximum atomic E-state index is 5.87. The lowest BCUT2D eigenvalue weighted by molar-refractivity contribution is 0.425. The first-order valence-corrected chi connectivity index (χ1v) is 8.88. The van der Waals surface area contributed by atoms with Gasteiger partial charge in [-0.2, -0.15) is 0 Å². The van der Waals surface area contributed by atoms with Crippen LogP contribution in [0.25, 0.3) is 0 Å². The predicted octanol–water partition coefficient (Wildman–Crippen LogP) is 5.53. The van der Waals surface area contributed by atoms with Crippen LogP contribution in [0.15, 0.2) is 4.52 Å². The lowest BCUT2D eigenvalue weighted by atomic mass is 9.99. The van der Waals surface area contributed by atoms with E-state index in [1.54, 1.807) is 0 Å². The Hall–Kier alpha value is -0.990. The zero-order valence-corrected chi connectivity index (χ0v) is 14.3. The highest BCUT2D eigenvalue weighted by molar-refractivity contribution is 5.39. The Labute approximate surface area is 130 Å². The summed E-state index contributed by atoms with van der Waals surface area (Å²) in [7, 11) is 0. The minimum absolute atomic E-state index is 0.523. The molecule has 0 aliphatic rings. The molecule has 0 fully saturated rings. The van der Waals surface area contributed by atoms with Crippen LogP contribution in [-0.4, -0.2) is 5.16 Å². The molecule has 0 aliphatic heterocycles. The zero-order chi connectivity index (χ0) is 15.5. The van der Waals surface area contributed by atoms with Gasteiger partial charge < -0.3 is 10.3 Å². The first-order valence-electron chi connectivity index (χ1n) is 8.88. The molecular formula is C18H34N2O. The van der Waals surface area contributed by atoms with Crippen LogP contribution in [0.1, 0.15) is 89.8 Å². The largest absolute Gasteiger partial charge is 0.367 e. The standard InChI is InChI=1S/C18H34N2O/c1-4-5-6-7-8-9-10-11-12-13-17-16(14-15(2)3)18(19)21-20-17/h15H,4-14,19H2,1-3H3. The van der Waals surface area contributed by atoms with E-state index in [0.29, 0.717) is 11.8 Å². The Balaban J connectivity index is 2.13. The molecule has 0 saturated heterocycles. The Bertz CT molecular complexity index is 371. The van der Waals surface area contributed by atoms with Crippen LogP contribution in [0, 0.1) is 5.92 Å². The average molecular weight is 294 g/mol. The number of unbranched alkanes of at least 4 members (excludes halogenated alkanes) is 8. The van der Waals surface area contributed by atoms with Crippen LogP contribution < -0.4 is 5.73 Å². The fraction of sp³-hybridized carbons (Fsp3) is 0.833. The summed E-state index contributed by atoms with van der Waals surface area (Å²) < 4.78 is 5.16. The quantitative estimate of drug-likeness (QED) is 0.516. The van der Waals surface area contributed by atoms with Gasteiger partial charge in [0.25, 0.3) is 0 Å². The first kappa shape index (κ1) is 18.1. The van der Waals surface area contributed by atoms with Crippen LogP contribution >= 0.6 is 0 Å². The Morgan fingerprint density at radius 1 is 0.952 bits per heavy atom. The second-order valence-corrected chi connectivity index (χ2v) is 6.65.